The van der Waals surface area contributed by atoms with Crippen LogP contribution in [-0.4, -0.2) is 24.3 Å². The van der Waals surface area contributed by atoms with Gasteiger partial charge < -0.3 is 4.74 Å². The minimum absolute atomic E-state index is 0.174. The van der Waals surface area contributed by atoms with Gasteiger partial charge in [-0.25, -0.2) is 4.79 Å². The smallest absolute Gasteiger partial charge is 0.236 e. The molecule has 1 heterocycles. The molecule has 3 unspecified atom stereocenters. The van der Waals surface area contributed by atoms with E-state index in [1.54, 1.807) is 0 Å². The van der Waals surface area contributed by atoms with E-state index in [-0.39, 0.29) is 12.2 Å². The highest BCUT2D eigenvalue weighted by Gasteiger charge is 2.29. The summed E-state index contributed by atoms with van der Waals surface area (Å²) in [5.41, 5.74) is 0. The van der Waals surface area contributed by atoms with Crippen molar-refractivity contribution in [2.24, 2.45) is 4.99 Å². The van der Waals surface area contributed by atoms with Crippen LogP contribution in [0.15, 0.2) is 4.99 Å². The van der Waals surface area contributed by atoms with E-state index in [1.165, 1.54) is 6.08 Å². The molecule has 12 heavy (non-hydrogen) atoms. The van der Waals surface area contributed by atoms with Gasteiger partial charge in [0.25, 0.3) is 0 Å². The van der Waals surface area contributed by atoms with Crippen LogP contribution in [0.25, 0.3) is 0 Å². The quantitative estimate of drug-likeness (QED) is 0.450. The lowest BCUT2D eigenvalue weighted by atomic mass is 10.1. The van der Waals surface area contributed by atoms with Crippen molar-refractivity contribution in [3.63, 3.8) is 0 Å². The van der Waals surface area contributed by atoms with Crippen molar-refractivity contribution in [3.05, 3.63) is 0 Å². The molecule has 0 N–H and O–H groups in total. The fourth-order valence-corrected chi connectivity index (χ4v) is 1.32. The summed E-state index contributed by atoms with van der Waals surface area (Å²) in [7, 11) is 0. The maximum Gasteiger partial charge on any atom is 0.236 e. The van der Waals surface area contributed by atoms with Crippen LogP contribution in [0.4, 0.5) is 0 Å². The minimum atomic E-state index is -0.674. The van der Waals surface area contributed by atoms with E-state index in [9.17, 15) is 4.79 Å². The Morgan fingerprint density at radius 2 is 2.42 bits per heavy atom. The molecule has 1 rings (SSSR count). The van der Waals surface area contributed by atoms with Gasteiger partial charge in [-0.1, -0.05) is 0 Å². The monoisotopic (exact) mass is 166 g/mol. The average molecular weight is 166 g/mol. The summed E-state index contributed by atoms with van der Waals surface area (Å²) >= 11 is 0. The topological polar surface area (TPSA) is 62.5 Å². The molecule has 0 aromatic rings. The molecule has 0 saturated carbocycles. The van der Waals surface area contributed by atoms with Crippen molar-refractivity contribution < 1.29 is 9.53 Å². The van der Waals surface area contributed by atoms with Crippen molar-refractivity contribution in [1.29, 1.82) is 5.26 Å². The van der Waals surface area contributed by atoms with Crippen LogP contribution in [-0.2, 0) is 9.53 Å². The minimum Gasteiger partial charge on any atom is -0.372 e. The van der Waals surface area contributed by atoms with Crippen molar-refractivity contribution in [2.45, 2.75) is 38.0 Å². The molecule has 0 bridgehead atoms. The zero-order chi connectivity index (χ0) is 8.97. The number of aliphatic imine (C=N–C) groups is 1. The summed E-state index contributed by atoms with van der Waals surface area (Å²) in [5, 5.41) is 8.60. The maximum absolute atomic E-state index is 9.91. The van der Waals surface area contributed by atoms with Gasteiger partial charge in [-0.3, -0.25) is 0 Å². The van der Waals surface area contributed by atoms with E-state index in [2.05, 4.69) is 4.99 Å². The van der Waals surface area contributed by atoms with Gasteiger partial charge in [0.15, 0.2) is 6.04 Å². The van der Waals surface area contributed by atoms with Gasteiger partial charge in [0.2, 0.25) is 6.08 Å². The van der Waals surface area contributed by atoms with Crippen LogP contribution < -0.4 is 0 Å². The molecule has 1 aliphatic heterocycles. The van der Waals surface area contributed by atoms with Gasteiger partial charge in [0, 0.05) is 0 Å². The van der Waals surface area contributed by atoms with Crippen LogP contribution in [0.1, 0.15) is 19.8 Å². The summed E-state index contributed by atoms with van der Waals surface area (Å²) in [6.45, 7) is 1.94. The molecular weight excluding hydrogens is 156 g/mol. The first-order valence-electron chi connectivity index (χ1n) is 3.90. The molecule has 0 aliphatic carbocycles. The fourth-order valence-electron chi connectivity index (χ4n) is 1.32. The van der Waals surface area contributed by atoms with E-state index in [4.69, 9.17) is 10.00 Å². The molecule has 0 amide bonds. The summed E-state index contributed by atoms with van der Waals surface area (Å²) in [6, 6.07) is 1.24. The van der Waals surface area contributed by atoms with Gasteiger partial charge in [-0.2, -0.15) is 10.3 Å². The Morgan fingerprint density at radius 3 is 2.83 bits per heavy atom. The van der Waals surface area contributed by atoms with Crippen LogP contribution in [0.5, 0.6) is 0 Å². The standard InChI is InChI=1S/C8H10N2O2/c1-6-2-3-8(12-6)7(4-9)10-5-11/h6-8H,2-3H2,1H3. The third-order valence-corrected chi connectivity index (χ3v) is 1.94. The molecule has 4 nitrogen and oxygen atoms in total. The van der Waals surface area contributed by atoms with Crippen LogP contribution in [0.3, 0.4) is 0 Å². The molecule has 0 aromatic carbocycles. The van der Waals surface area contributed by atoms with E-state index < -0.39 is 6.04 Å². The van der Waals surface area contributed by atoms with E-state index in [0.29, 0.717) is 0 Å². The highest BCUT2D eigenvalue weighted by Crippen LogP contribution is 2.22. The van der Waals surface area contributed by atoms with Gasteiger partial charge in [-0.15, -0.1) is 0 Å². The van der Waals surface area contributed by atoms with E-state index in [0.717, 1.165) is 12.8 Å². The second-order valence-electron chi connectivity index (χ2n) is 2.86. The first kappa shape index (κ1) is 8.92. The van der Waals surface area contributed by atoms with E-state index >= 15 is 0 Å². The third kappa shape index (κ3) is 1.91. The number of isocyanates is 1. The van der Waals surface area contributed by atoms with Gasteiger partial charge in [-0.05, 0) is 19.8 Å². The molecule has 1 saturated heterocycles. The largest absolute Gasteiger partial charge is 0.372 e. The Hall–Kier alpha value is -1.17. The highest BCUT2D eigenvalue weighted by atomic mass is 16.5. The lowest BCUT2D eigenvalue weighted by molar-refractivity contribution is 0.0505. The van der Waals surface area contributed by atoms with Gasteiger partial charge in [0.1, 0.15) is 0 Å². The lowest BCUT2D eigenvalue weighted by Crippen LogP contribution is -2.22. The van der Waals surface area contributed by atoms with Gasteiger partial charge in [0.05, 0.1) is 18.3 Å². The van der Waals surface area contributed by atoms with Crippen molar-refractivity contribution in [1.82, 2.24) is 0 Å². The molecular formula is C8H10N2O2. The average Bonchev–Trinajstić information content (AvgIpc) is 2.47. The number of hydrogen-bond donors (Lipinski definition) is 0. The zero-order valence-electron chi connectivity index (χ0n) is 6.86. The number of carbonyl (C=O) groups excluding carboxylic acids is 1. The third-order valence-electron chi connectivity index (χ3n) is 1.94. The van der Waals surface area contributed by atoms with Crippen molar-refractivity contribution in [3.8, 4) is 6.07 Å². The first-order chi connectivity index (χ1) is 5.77. The second kappa shape index (κ2) is 4.01. The van der Waals surface area contributed by atoms with Gasteiger partial charge >= 0.3 is 0 Å². The number of nitriles is 1. The molecule has 0 spiro atoms. The number of rotatable bonds is 2. The molecule has 0 radical (unpaired) electrons. The Labute approximate surface area is 70.9 Å². The fraction of sp³-hybridized carbons (Fsp3) is 0.750. The predicted octanol–water partition coefficient (Wildman–Crippen LogP) is 0.782. The number of ether oxygens (including phenoxy) is 1. The van der Waals surface area contributed by atoms with Crippen molar-refractivity contribution >= 4 is 6.08 Å². The second-order valence-corrected chi connectivity index (χ2v) is 2.86. The predicted molar refractivity (Wildman–Crippen MR) is 41.1 cm³/mol. The highest BCUT2D eigenvalue weighted by molar-refractivity contribution is 5.35. The molecule has 0 aromatic heterocycles. The van der Waals surface area contributed by atoms with Crippen LogP contribution >= 0.6 is 0 Å². The van der Waals surface area contributed by atoms with Crippen LogP contribution in [0.2, 0.25) is 0 Å². The number of hydrogen-bond acceptors (Lipinski definition) is 4. The zero-order valence-corrected chi connectivity index (χ0v) is 6.86. The Morgan fingerprint density at radius 1 is 1.67 bits per heavy atom. The molecule has 64 valence electrons. The normalized spacial score (nSPS) is 30.3. The SMILES string of the molecule is CC1CCC(C(C#N)N=C=O)O1. The Balaban J connectivity index is 2.57. The molecule has 3 atom stereocenters. The Kier molecular flexibility index (Phi) is 2.98. The summed E-state index contributed by atoms with van der Waals surface area (Å²) in [5.74, 6) is 0. The van der Waals surface area contributed by atoms with Crippen LogP contribution in [0, 0.1) is 11.3 Å². The molecule has 1 aliphatic rings. The summed E-state index contributed by atoms with van der Waals surface area (Å²) in [6.07, 6.45) is 3.06. The Bertz CT molecular complexity index is 240. The summed E-state index contributed by atoms with van der Waals surface area (Å²) in [4.78, 5) is 13.3. The lowest BCUT2D eigenvalue weighted by Gasteiger charge is -2.10. The van der Waals surface area contributed by atoms with E-state index in [1.807, 2.05) is 13.0 Å². The first-order valence-corrected chi connectivity index (χ1v) is 3.90. The number of nitrogens with zero attached hydrogens (tertiary/aromatic N) is 2. The summed E-state index contributed by atoms with van der Waals surface area (Å²) < 4.78 is 5.37. The molecule has 1 fully saturated rings. The van der Waals surface area contributed by atoms with Crippen molar-refractivity contribution in [2.75, 3.05) is 0 Å². The maximum atomic E-state index is 9.91. The molecule has 4 heteroatoms.